The highest BCUT2D eigenvalue weighted by Gasteiger charge is 2.17. The molecule has 0 atom stereocenters. The smallest absolute Gasteiger partial charge is 0.147 e. The zero-order valence-electron chi connectivity index (χ0n) is 9.47. The SMILES string of the molecule is COC(C)(C)CNc1nc(N)c(Cl)cc1Cl. The summed E-state index contributed by atoms with van der Waals surface area (Å²) in [6, 6.07) is 1.56. The third kappa shape index (κ3) is 3.40. The second kappa shape index (κ2) is 5.08. The van der Waals surface area contributed by atoms with Crippen LogP contribution in [0.1, 0.15) is 13.8 Å². The van der Waals surface area contributed by atoms with Crippen LogP contribution in [0.5, 0.6) is 0 Å². The first-order chi connectivity index (χ1) is 7.35. The molecular formula is C10H15Cl2N3O. The highest BCUT2D eigenvalue weighted by atomic mass is 35.5. The summed E-state index contributed by atoms with van der Waals surface area (Å²) in [6.07, 6.45) is 0. The number of aromatic nitrogens is 1. The Kier molecular flexibility index (Phi) is 4.24. The first kappa shape index (κ1) is 13.4. The lowest BCUT2D eigenvalue weighted by Gasteiger charge is -2.23. The van der Waals surface area contributed by atoms with Gasteiger partial charge in [-0.25, -0.2) is 4.98 Å². The zero-order chi connectivity index (χ0) is 12.3. The molecule has 0 aliphatic rings. The lowest BCUT2D eigenvalue weighted by Crippen LogP contribution is -2.32. The minimum Gasteiger partial charge on any atom is -0.382 e. The van der Waals surface area contributed by atoms with Crippen molar-refractivity contribution >= 4 is 34.8 Å². The molecule has 0 spiro atoms. The number of nitrogens with zero attached hydrogens (tertiary/aromatic N) is 1. The maximum absolute atomic E-state index is 5.97. The van der Waals surface area contributed by atoms with Crippen molar-refractivity contribution in [1.82, 2.24) is 4.98 Å². The van der Waals surface area contributed by atoms with Crippen LogP contribution in [0.3, 0.4) is 0 Å². The van der Waals surface area contributed by atoms with Gasteiger partial charge in [0.2, 0.25) is 0 Å². The predicted octanol–water partition coefficient (Wildman–Crippen LogP) is 2.81. The van der Waals surface area contributed by atoms with Crippen LogP contribution in [0, 0.1) is 0 Å². The number of halogens is 2. The molecule has 6 heteroatoms. The van der Waals surface area contributed by atoms with Gasteiger partial charge >= 0.3 is 0 Å². The lowest BCUT2D eigenvalue weighted by atomic mass is 10.1. The summed E-state index contributed by atoms with van der Waals surface area (Å²) in [5.41, 5.74) is 5.28. The van der Waals surface area contributed by atoms with E-state index in [0.717, 1.165) is 0 Å². The first-order valence-electron chi connectivity index (χ1n) is 4.76. The summed E-state index contributed by atoms with van der Waals surface area (Å²) < 4.78 is 5.26. The van der Waals surface area contributed by atoms with Crippen molar-refractivity contribution in [2.45, 2.75) is 19.4 Å². The van der Waals surface area contributed by atoms with E-state index >= 15 is 0 Å². The van der Waals surface area contributed by atoms with Crippen LogP contribution in [-0.2, 0) is 4.74 Å². The van der Waals surface area contributed by atoms with Gasteiger partial charge in [-0.05, 0) is 19.9 Å². The van der Waals surface area contributed by atoms with Crippen molar-refractivity contribution in [2.24, 2.45) is 0 Å². The van der Waals surface area contributed by atoms with Crippen LogP contribution in [0.4, 0.5) is 11.6 Å². The molecule has 0 aliphatic heterocycles. The monoisotopic (exact) mass is 263 g/mol. The van der Waals surface area contributed by atoms with E-state index in [-0.39, 0.29) is 11.4 Å². The molecule has 1 heterocycles. The zero-order valence-corrected chi connectivity index (χ0v) is 11.0. The van der Waals surface area contributed by atoms with E-state index in [1.54, 1.807) is 13.2 Å². The number of nitrogens with one attached hydrogen (secondary N) is 1. The molecule has 0 radical (unpaired) electrons. The van der Waals surface area contributed by atoms with Gasteiger partial charge < -0.3 is 15.8 Å². The van der Waals surface area contributed by atoms with Gasteiger partial charge in [0.05, 0.1) is 15.6 Å². The molecule has 4 nitrogen and oxygen atoms in total. The number of ether oxygens (including phenoxy) is 1. The Morgan fingerprint density at radius 2 is 2.06 bits per heavy atom. The van der Waals surface area contributed by atoms with E-state index in [9.17, 15) is 0 Å². The Hall–Kier alpha value is -0.710. The summed E-state index contributed by atoms with van der Waals surface area (Å²) >= 11 is 11.7. The molecule has 0 bridgehead atoms. The molecule has 3 N–H and O–H groups in total. The average Bonchev–Trinajstić information content (AvgIpc) is 2.22. The van der Waals surface area contributed by atoms with E-state index in [0.29, 0.717) is 22.4 Å². The maximum Gasteiger partial charge on any atom is 0.147 e. The molecule has 1 rings (SSSR count). The molecule has 0 aliphatic carbocycles. The van der Waals surface area contributed by atoms with Gasteiger partial charge in [0.1, 0.15) is 11.6 Å². The average molecular weight is 264 g/mol. The van der Waals surface area contributed by atoms with Gasteiger partial charge in [-0.15, -0.1) is 0 Å². The van der Waals surface area contributed by atoms with Gasteiger partial charge in [0.25, 0.3) is 0 Å². The maximum atomic E-state index is 5.97. The molecular weight excluding hydrogens is 249 g/mol. The largest absolute Gasteiger partial charge is 0.382 e. The van der Waals surface area contributed by atoms with Crippen LogP contribution in [0.25, 0.3) is 0 Å². The van der Waals surface area contributed by atoms with Crippen molar-refractivity contribution in [3.63, 3.8) is 0 Å². The third-order valence-corrected chi connectivity index (χ3v) is 2.78. The second-order valence-corrected chi connectivity index (χ2v) is 4.82. The van der Waals surface area contributed by atoms with E-state index in [1.165, 1.54) is 0 Å². The number of nitrogens with two attached hydrogens (primary N) is 1. The van der Waals surface area contributed by atoms with Crippen molar-refractivity contribution in [3.8, 4) is 0 Å². The van der Waals surface area contributed by atoms with Crippen LogP contribution in [-0.4, -0.2) is 24.2 Å². The van der Waals surface area contributed by atoms with Gasteiger partial charge in [-0.2, -0.15) is 0 Å². The topological polar surface area (TPSA) is 60.2 Å². The third-order valence-electron chi connectivity index (χ3n) is 2.19. The number of anilines is 2. The molecule has 0 saturated heterocycles. The molecule has 0 fully saturated rings. The van der Waals surface area contributed by atoms with E-state index in [2.05, 4.69) is 10.3 Å². The number of pyridine rings is 1. The Labute approximate surface area is 105 Å². The van der Waals surface area contributed by atoms with Gasteiger partial charge in [0, 0.05) is 13.7 Å². The molecule has 0 aromatic carbocycles. The number of nitrogen functional groups attached to an aromatic ring is 1. The standard InChI is InChI=1S/C10H15Cl2N3O/c1-10(2,16-3)5-14-9-7(12)4-6(11)8(13)15-9/h4H,5H2,1-3H3,(H3,13,14,15). The van der Waals surface area contributed by atoms with Crippen LogP contribution >= 0.6 is 23.2 Å². The van der Waals surface area contributed by atoms with Crippen molar-refractivity contribution < 1.29 is 4.74 Å². The molecule has 1 aromatic heterocycles. The van der Waals surface area contributed by atoms with Crippen LogP contribution < -0.4 is 11.1 Å². The predicted molar refractivity (Wildman–Crippen MR) is 68.2 cm³/mol. The van der Waals surface area contributed by atoms with Gasteiger partial charge in [-0.3, -0.25) is 0 Å². The minimum atomic E-state index is -0.306. The Morgan fingerprint density at radius 1 is 1.44 bits per heavy atom. The summed E-state index contributed by atoms with van der Waals surface area (Å²) in [5.74, 6) is 0.762. The van der Waals surface area contributed by atoms with Crippen molar-refractivity contribution in [3.05, 3.63) is 16.1 Å². The fraction of sp³-hybridized carbons (Fsp3) is 0.500. The van der Waals surface area contributed by atoms with E-state index < -0.39 is 0 Å². The second-order valence-electron chi connectivity index (χ2n) is 4.00. The molecule has 16 heavy (non-hydrogen) atoms. The number of hydrogen-bond acceptors (Lipinski definition) is 4. The molecule has 0 unspecified atom stereocenters. The fourth-order valence-corrected chi connectivity index (χ4v) is 1.40. The summed E-state index contributed by atoms with van der Waals surface area (Å²) in [7, 11) is 1.65. The van der Waals surface area contributed by atoms with Gasteiger partial charge in [0.15, 0.2) is 0 Å². The molecule has 0 amide bonds. The fourth-order valence-electron chi connectivity index (χ4n) is 0.974. The molecule has 1 aromatic rings. The van der Waals surface area contributed by atoms with Crippen molar-refractivity contribution in [2.75, 3.05) is 24.7 Å². The normalized spacial score (nSPS) is 11.6. The number of rotatable bonds is 4. The van der Waals surface area contributed by atoms with Crippen molar-refractivity contribution in [1.29, 1.82) is 0 Å². The number of methoxy groups -OCH3 is 1. The van der Waals surface area contributed by atoms with Crippen LogP contribution in [0.15, 0.2) is 6.07 Å². The molecule has 0 saturated carbocycles. The van der Waals surface area contributed by atoms with Crippen LogP contribution in [0.2, 0.25) is 10.0 Å². The molecule has 90 valence electrons. The summed E-state index contributed by atoms with van der Waals surface area (Å²) in [5, 5.41) is 3.85. The first-order valence-corrected chi connectivity index (χ1v) is 5.52. The van der Waals surface area contributed by atoms with Gasteiger partial charge in [-0.1, -0.05) is 23.2 Å². The van der Waals surface area contributed by atoms with E-state index in [4.69, 9.17) is 33.7 Å². The Morgan fingerprint density at radius 3 is 2.62 bits per heavy atom. The Bertz CT molecular complexity index is 383. The highest BCUT2D eigenvalue weighted by molar-refractivity contribution is 6.37. The Balaban J connectivity index is 2.79. The summed E-state index contributed by atoms with van der Waals surface area (Å²) in [4.78, 5) is 4.06. The van der Waals surface area contributed by atoms with E-state index in [1.807, 2.05) is 13.8 Å². The quantitative estimate of drug-likeness (QED) is 0.877. The minimum absolute atomic E-state index is 0.254. The number of hydrogen-bond donors (Lipinski definition) is 2. The highest BCUT2D eigenvalue weighted by Crippen LogP contribution is 2.27. The lowest BCUT2D eigenvalue weighted by molar-refractivity contribution is 0.0343. The summed E-state index contributed by atoms with van der Waals surface area (Å²) in [6.45, 7) is 4.47.